The van der Waals surface area contributed by atoms with Crippen LogP contribution in [0.25, 0.3) is 0 Å². The highest BCUT2D eigenvalue weighted by atomic mass is 19.1. The van der Waals surface area contributed by atoms with Crippen molar-refractivity contribution in [1.29, 1.82) is 0 Å². The van der Waals surface area contributed by atoms with Crippen molar-refractivity contribution in [3.05, 3.63) is 102 Å². The van der Waals surface area contributed by atoms with E-state index in [9.17, 15) is 14.0 Å². The molecule has 0 unspecified atom stereocenters. The molecule has 0 bridgehead atoms. The minimum atomic E-state index is -0.679. The molecule has 0 aliphatic carbocycles. The molecule has 0 spiro atoms. The van der Waals surface area contributed by atoms with E-state index < -0.39 is 5.41 Å². The van der Waals surface area contributed by atoms with Gasteiger partial charge in [0.1, 0.15) is 18.2 Å². The second kappa shape index (κ2) is 11.6. The zero-order valence-electron chi connectivity index (χ0n) is 19.8. The van der Waals surface area contributed by atoms with Gasteiger partial charge in [-0.25, -0.2) is 4.39 Å². The topological polar surface area (TPSA) is 58.6 Å². The Kier molecular flexibility index (Phi) is 8.14. The predicted octanol–water partition coefficient (Wildman–Crippen LogP) is 4.51. The molecule has 1 saturated heterocycles. The minimum Gasteiger partial charge on any atom is -0.492 e. The third-order valence-electron chi connectivity index (χ3n) is 6.67. The Morgan fingerprint density at radius 2 is 1.51 bits per heavy atom. The normalized spacial score (nSPS) is 14.8. The van der Waals surface area contributed by atoms with E-state index >= 15 is 0 Å². The van der Waals surface area contributed by atoms with Crippen molar-refractivity contribution in [2.45, 2.75) is 31.1 Å². The number of piperidine rings is 1. The summed E-state index contributed by atoms with van der Waals surface area (Å²) in [6.45, 7) is 1.83. The smallest absolute Gasteiger partial charge is 0.230 e. The summed E-state index contributed by atoms with van der Waals surface area (Å²) in [5, 5.41) is 3.06. The second-order valence-corrected chi connectivity index (χ2v) is 8.87. The number of benzene rings is 3. The largest absolute Gasteiger partial charge is 0.492 e. The summed E-state index contributed by atoms with van der Waals surface area (Å²) in [5.74, 6) is 0.525. The number of hydrogen-bond acceptors (Lipinski definition) is 3. The van der Waals surface area contributed by atoms with Gasteiger partial charge in [-0.1, -0.05) is 60.7 Å². The highest BCUT2D eigenvalue weighted by Crippen LogP contribution is 2.36. The molecule has 3 aromatic rings. The van der Waals surface area contributed by atoms with Crippen LogP contribution in [0.2, 0.25) is 0 Å². The van der Waals surface area contributed by atoms with Crippen LogP contribution in [0.15, 0.2) is 84.9 Å². The Hall–Kier alpha value is -3.67. The lowest BCUT2D eigenvalue weighted by molar-refractivity contribution is -0.137. The Bertz CT molecular complexity index is 1100. The SMILES string of the molecule is O=C(CCc1ccc(F)cc1)N1CCC(C(=O)NCCOc2ccccc2)(c2ccccc2)CC1. The first-order valence-electron chi connectivity index (χ1n) is 12.1. The zero-order chi connectivity index (χ0) is 24.5. The lowest BCUT2D eigenvalue weighted by Gasteiger charge is -2.41. The number of rotatable bonds is 9. The number of nitrogens with one attached hydrogen (secondary N) is 1. The molecule has 0 atom stereocenters. The first kappa shape index (κ1) is 24.5. The maximum atomic E-state index is 13.4. The van der Waals surface area contributed by atoms with Gasteiger partial charge in [-0.15, -0.1) is 0 Å². The summed E-state index contributed by atoms with van der Waals surface area (Å²) in [6.07, 6.45) is 2.06. The van der Waals surface area contributed by atoms with Crippen molar-refractivity contribution in [2.75, 3.05) is 26.2 Å². The second-order valence-electron chi connectivity index (χ2n) is 8.87. The Labute approximate surface area is 205 Å². The van der Waals surface area contributed by atoms with Gasteiger partial charge >= 0.3 is 0 Å². The monoisotopic (exact) mass is 474 g/mol. The number of hydrogen-bond donors (Lipinski definition) is 1. The lowest BCUT2D eigenvalue weighted by Crippen LogP contribution is -2.53. The number of carbonyl (C=O) groups is 2. The molecule has 0 radical (unpaired) electrons. The number of likely N-dealkylation sites (tertiary alicyclic amines) is 1. The van der Waals surface area contributed by atoms with Gasteiger partial charge in [-0.3, -0.25) is 9.59 Å². The summed E-state index contributed by atoms with van der Waals surface area (Å²) in [4.78, 5) is 28.1. The molecular formula is C29H31FN2O3. The van der Waals surface area contributed by atoms with Crippen LogP contribution in [0, 0.1) is 5.82 Å². The summed E-state index contributed by atoms with van der Waals surface area (Å²) in [7, 11) is 0. The lowest BCUT2D eigenvalue weighted by atomic mass is 9.72. The van der Waals surface area contributed by atoms with Crippen molar-refractivity contribution >= 4 is 11.8 Å². The molecule has 0 saturated carbocycles. The fourth-order valence-electron chi connectivity index (χ4n) is 4.62. The van der Waals surface area contributed by atoms with Gasteiger partial charge in [0.2, 0.25) is 11.8 Å². The van der Waals surface area contributed by atoms with E-state index in [4.69, 9.17) is 4.74 Å². The molecule has 35 heavy (non-hydrogen) atoms. The van der Waals surface area contributed by atoms with E-state index in [0.717, 1.165) is 16.9 Å². The van der Waals surface area contributed by atoms with Gasteiger partial charge in [0.05, 0.1) is 12.0 Å². The number of halogens is 1. The number of ether oxygens (including phenoxy) is 1. The third-order valence-corrected chi connectivity index (χ3v) is 6.67. The summed E-state index contributed by atoms with van der Waals surface area (Å²) in [5.41, 5.74) is 1.23. The number of aryl methyl sites for hydroxylation is 1. The predicted molar refractivity (Wildman–Crippen MR) is 134 cm³/mol. The van der Waals surface area contributed by atoms with Crippen molar-refractivity contribution in [3.8, 4) is 5.75 Å². The average Bonchev–Trinajstić information content (AvgIpc) is 2.91. The summed E-state index contributed by atoms with van der Waals surface area (Å²) >= 11 is 0. The fraction of sp³-hybridized carbons (Fsp3) is 0.310. The molecule has 1 heterocycles. The first-order valence-corrected chi connectivity index (χ1v) is 12.1. The van der Waals surface area contributed by atoms with Crippen molar-refractivity contribution in [3.63, 3.8) is 0 Å². The van der Waals surface area contributed by atoms with Crippen molar-refractivity contribution < 1.29 is 18.7 Å². The average molecular weight is 475 g/mol. The third kappa shape index (κ3) is 6.27. The molecule has 6 heteroatoms. The molecule has 2 amide bonds. The maximum Gasteiger partial charge on any atom is 0.230 e. The van der Waals surface area contributed by atoms with E-state index in [1.165, 1.54) is 12.1 Å². The van der Waals surface area contributed by atoms with Crippen LogP contribution in [0.4, 0.5) is 4.39 Å². The van der Waals surface area contributed by atoms with E-state index in [1.54, 1.807) is 12.1 Å². The van der Waals surface area contributed by atoms with Crippen LogP contribution in [-0.4, -0.2) is 43.0 Å². The quantitative estimate of drug-likeness (QED) is 0.464. The number of para-hydroxylation sites is 1. The summed E-state index contributed by atoms with van der Waals surface area (Å²) in [6, 6.07) is 25.6. The summed E-state index contributed by atoms with van der Waals surface area (Å²) < 4.78 is 18.8. The molecule has 1 N–H and O–H groups in total. The van der Waals surface area contributed by atoms with E-state index in [-0.39, 0.29) is 17.6 Å². The van der Waals surface area contributed by atoms with Gasteiger partial charge in [0, 0.05) is 19.5 Å². The molecule has 5 nitrogen and oxygen atoms in total. The van der Waals surface area contributed by atoms with Crippen molar-refractivity contribution in [1.82, 2.24) is 10.2 Å². The first-order chi connectivity index (χ1) is 17.1. The molecule has 182 valence electrons. The number of nitrogens with zero attached hydrogens (tertiary/aromatic N) is 1. The van der Waals surface area contributed by atoms with Gasteiger partial charge in [-0.2, -0.15) is 0 Å². The van der Waals surface area contributed by atoms with E-state index in [0.29, 0.717) is 51.9 Å². The maximum absolute atomic E-state index is 13.4. The highest BCUT2D eigenvalue weighted by molar-refractivity contribution is 5.89. The highest BCUT2D eigenvalue weighted by Gasteiger charge is 2.43. The Morgan fingerprint density at radius 3 is 2.17 bits per heavy atom. The van der Waals surface area contributed by atoms with E-state index in [1.807, 2.05) is 65.6 Å². The number of carbonyl (C=O) groups excluding carboxylic acids is 2. The van der Waals surface area contributed by atoms with Crippen molar-refractivity contribution in [2.24, 2.45) is 0 Å². The van der Waals surface area contributed by atoms with E-state index in [2.05, 4.69) is 5.32 Å². The fourth-order valence-corrected chi connectivity index (χ4v) is 4.62. The Balaban J connectivity index is 1.34. The Morgan fingerprint density at radius 1 is 0.886 bits per heavy atom. The molecule has 1 aliphatic rings. The van der Waals surface area contributed by atoms with Gasteiger partial charge < -0.3 is 15.0 Å². The van der Waals surface area contributed by atoms with Gasteiger partial charge in [0.15, 0.2) is 0 Å². The van der Waals surface area contributed by atoms with Gasteiger partial charge in [-0.05, 0) is 54.7 Å². The molecule has 0 aromatic heterocycles. The van der Waals surface area contributed by atoms with Crippen LogP contribution in [0.1, 0.15) is 30.4 Å². The minimum absolute atomic E-state index is 0.0289. The van der Waals surface area contributed by atoms with Crippen LogP contribution >= 0.6 is 0 Å². The van der Waals surface area contributed by atoms with Crippen LogP contribution < -0.4 is 10.1 Å². The zero-order valence-corrected chi connectivity index (χ0v) is 19.8. The molecule has 3 aromatic carbocycles. The molecule has 4 rings (SSSR count). The number of amides is 2. The standard InChI is InChI=1S/C29H31FN2O3/c30-25-14-11-23(12-15-25)13-16-27(33)32-20-17-29(18-21-32,24-7-3-1-4-8-24)28(34)31-19-22-35-26-9-5-2-6-10-26/h1-12,14-15H,13,16-22H2,(H,31,34). The van der Waals surface area contributed by atoms with Crippen LogP contribution in [0.5, 0.6) is 5.75 Å². The van der Waals surface area contributed by atoms with Crippen LogP contribution in [0.3, 0.4) is 0 Å². The van der Waals surface area contributed by atoms with Crippen LogP contribution in [-0.2, 0) is 21.4 Å². The molecule has 1 aliphatic heterocycles. The van der Waals surface area contributed by atoms with Gasteiger partial charge in [0.25, 0.3) is 0 Å². The molecule has 1 fully saturated rings. The molecular weight excluding hydrogens is 443 g/mol.